The first-order chi connectivity index (χ1) is 6.56. The van der Waals surface area contributed by atoms with E-state index in [1.54, 1.807) is 0 Å². The van der Waals surface area contributed by atoms with E-state index in [9.17, 15) is 9.36 Å². The van der Waals surface area contributed by atoms with E-state index >= 15 is 0 Å². The van der Waals surface area contributed by atoms with Crippen molar-refractivity contribution in [2.45, 2.75) is 32.1 Å². The van der Waals surface area contributed by atoms with Crippen LogP contribution in [0.4, 0.5) is 0 Å². The Morgan fingerprint density at radius 3 is 2.21 bits per heavy atom. The first kappa shape index (κ1) is 13.5. The molecule has 0 saturated heterocycles. The molecule has 0 bridgehead atoms. The Labute approximate surface area is 83.4 Å². The molecule has 0 rings (SSSR count). The number of aliphatic imine (C=N–C) groups is 1. The van der Waals surface area contributed by atoms with Gasteiger partial charge < -0.3 is 9.79 Å². The number of unbranched alkanes of at least 4 members (excludes halogenated alkanes) is 4. The van der Waals surface area contributed by atoms with Gasteiger partial charge >= 0.3 is 7.60 Å². The van der Waals surface area contributed by atoms with Crippen LogP contribution in [0.5, 0.6) is 0 Å². The van der Waals surface area contributed by atoms with Crippen molar-refractivity contribution in [3.63, 3.8) is 0 Å². The zero-order valence-corrected chi connectivity index (χ0v) is 8.95. The zero-order chi connectivity index (χ0) is 10.9. The van der Waals surface area contributed by atoms with Crippen molar-refractivity contribution in [2.75, 3.05) is 12.7 Å². The first-order valence-corrected chi connectivity index (χ1v) is 6.44. The fraction of sp³-hybridized carbons (Fsp3) is 0.875. The van der Waals surface area contributed by atoms with Crippen LogP contribution in [-0.2, 0) is 9.36 Å². The molecule has 6 heteroatoms. The summed E-state index contributed by atoms with van der Waals surface area (Å²) in [5, 5.41) is 0. The van der Waals surface area contributed by atoms with Crippen molar-refractivity contribution in [1.29, 1.82) is 0 Å². The van der Waals surface area contributed by atoms with Gasteiger partial charge in [-0.05, 0) is 12.8 Å². The van der Waals surface area contributed by atoms with Crippen molar-refractivity contribution in [1.82, 2.24) is 0 Å². The largest absolute Gasteiger partial charge is 0.325 e. The Kier molecular flexibility index (Phi) is 7.63. The lowest BCUT2D eigenvalue weighted by molar-refractivity contribution is 0.370. The quantitative estimate of drug-likeness (QED) is 0.281. The van der Waals surface area contributed by atoms with Crippen molar-refractivity contribution in [3.8, 4) is 0 Å². The van der Waals surface area contributed by atoms with Crippen molar-refractivity contribution >= 4 is 13.7 Å². The number of rotatable bonds is 8. The van der Waals surface area contributed by atoms with Crippen LogP contribution in [-0.4, -0.2) is 28.6 Å². The highest BCUT2D eigenvalue weighted by atomic mass is 31.2. The minimum absolute atomic E-state index is 0.0283. The summed E-state index contributed by atoms with van der Waals surface area (Å²) in [6.07, 6.45) is 5.51. The van der Waals surface area contributed by atoms with Gasteiger partial charge in [-0.3, -0.25) is 4.57 Å². The molecule has 0 saturated carbocycles. The van der Waals surface area contributed by atoms with Crippen LogP contribution in [0.3, 0.4) is 0 Å². The Morgan fingerprint density at radius 1 is 1.07 bits per heavy atom. The fourth-order valence-corrected chi connectivity index (χ4v) is 1.72. The van der Waals surface area contributed by atoms with Gasteiger partial charge in [0.05, 0.1) is 6.54 Å². The Morgan fingerprint density at radius 2 is 1.64 bits per heavy atom. The second-order valence-electron chi connectivity index (χ2n) is 3.13. The summed E-state index contributed by atoms with van der Waals surface area (Å²) in [6, 6.07) is 0. The molecule has 0 aromatic rings. The predicted molar refractivity (Wildman–Crippen MR) is 53.0 cm³/mol. The third kappa shape index (κ3) is 11.5. The maximum absolute atomic E-state index is 10.4. The van der Waals surface area contributed by atoms with Gasteiger partial charge in [0.25, 0.3) is 0 Å². The molecule has 0 aliphatic heterocycles. The van der Waals surface area contributed by atoms with Gasteiger partial charge in [-0.2, -0.15) is 0 Å². The predicted octanol–water partition coefficient (Wildman–Crippen LogP) is 1.45. The first-order valence-electron chi connectivity index (χ1n) is 4.64. The Hall–Kier alpha value is -0.470. The SMILES string of the molecule is O=C=NCCCCCCCP(=O)(O)O. The summed E-state index contributed by atoms with van der Waals surface area (Å²) in [5.74, 6) is 0. The van der Waals surface area contributed by atoms with Crippen LogP contribution in [0.2, 0.25) is 0 Å². The Balaban J connectivity index is 3.14. The smallest absolute Gasteiger partial charge is 0.324 e. The molecule has 0 amide bonds. The molecule has 0 aromatic heterocycles. The molecule has 14 heavy (non-hydrogen) atoms. The molecule has 0 aromatic carbocycles. The number of carbonyl (C=O) groups excluding carboxylic acids is 1. The van der Waals surface area contributed by atoms with Gasteiger partial charge in [-0.15, -0.1) is 0 Å². The summed E-state index contributed by atoms with van der Waals surface area (Å²) in [5.41, 5.74) is 0. The van der Waals surface area contributed by atoms with Gasteiger partial charge in [0, 0.05) is 6.16 Å². The van der Waals surface area contributed by atoms with Crippen LogP contribution < -0.4 is 0 Å². The van der Waals surface area contributed by atoms with Gasteiger partial charge in [-0.1, -0.05) is 19.3 Å². The minimum Gasteiger partial charge on any atom is -0.324 e. The second-order valence-corrected chi connectivity index (χ2v) is 4.91. The third-order valence-corrected chi connectivity index (χ3v) is 2.68. The average molecular weight is 221 g/mol. The minimum atomic E-state index is -3.80. The van der Waals surface area contributed by atoms with Gasteiger partial charge in [-0.25, -0.2) is 9.79 Å². The lowest BCUT2D eigenvalue weighted by Crippen LogP contribution is -1.88. The van der Waals surface area contributed by atoms with Gasteiger partial charge in [0.2, 0.25) is 6.08 Å². The molecular formula is C8H16NO4P. The van der Waals surface area contributed by atoms with Gasteiger partial charge in [0.15, 0.2) is 0 Å². The van der Waals surface area contributed by atoms with Crippen LogP contribution in [0, 0.1) is 0 Å². The highest BCUT2D eigenvalue weighted by molar-refractivity contribution is 7.51. The molecule has 0 fully saturated rings. The summed E-state index contributed by atoms with van der Waals surface area (Å²) in [4.78, 5) is 30.2. The maximum atomic E-state index is 10.4. The van der Waals surface area contributed by atoms with Crippen LogP contribution in [0.15, 0.2) is 4.99 Å². The molecule has 82 valence electrons. The molecule has 0 spiro atoms. The van der Waals surface area contributed by atoms with Crippen molar-refractivity contribution in [3.05, 3.63) is 0 Å². The third-order valence-electron chi connectivity index (χ3n) is 1.78. The summed E-state index contributed by atoms with van der Waals surface area (Å²) >= 11 is 0. The number of hydrogen-bond donors (Lipinski definition) is 2. The lowest BCUT2D eigenvalue weighted by Gasteiger charge is -2.02. The molecule has 0 aliphatic rings. The van der Waals surface area contributed by atoms with E-state index in [-0.39, 0.29) is 6.16 Å². The van der Waals surface area contributed by atoms with E-state index in [0.29, 0.717) is 13.0 Å². The van der Waals surface area contributed by atoms with E-state index in [2.05, 4.69) is 4.99 Å². The lowest BCUT2D eigenvalue weighted by atomic mass is 10.1. The van der Waals surface area contributed by atoms with Crippen LogP contribution >= 0.6 is 7.60 Å². The highest BCUT2D eigenvalue weighted by Crippen LogP contribution is 2.35. The molecule has 2 N–H and O–H groups in total. The molecular weight excluding hydrogens is 205 g/mol. The zero-order valence-electron chi connectivity index (χ0n) is 8.06. The highest BCUT2D eigenvalue weighted by Gasteiger charge is 2.10. The average Bonchev–Trinajstić information content (AvgIpc) is 2.08. The van der Waals surface area contributed by atoms with Gasteiger partial charge in [0.1, 0.15) is 0 Å². The monoisotopic (exact) mass is 221 g/mol. The summed E-state index contributed by atoms with van der Waals surface area (Å²) in [7, 11) is -3.80. The fourth-order valence-electron chi connectivity index (χ4n) is 1.08. The molecule has 0 radical (unpaired) electrons. The number of nitrogens with zero attached hydrogens (tertiary/aromatic N) is 1. The van der Waals surface area contributed by atoms with E-state index in [4.69, 9.17) is 9.79 Å². The number of isocyanates is 1. The topological polar surface area (TPSA) is 87.0 Å². The van der Waals surface area contributed by atoms with Crippen LogP contribution in [0.25, 0.3) is 0 Å². The van der Waals surface area contributed by atoms with E-state index < -0.39 is 7.60 Å². The second kappa shape index (κ2) is 7.89. The normalized spacial score (nSPS) is 11.0. The van der Waals surface area contributed by atoms with E-state index in [1.807, 2.05) is 0 Å². The van der Waals surface area contributed by atoms with Crippen molar-refractivity contribution in [2.24, 2.45) is 4.99 Å². The molecule has 0 atom stereocenters. The van der Waals surface area contributed by atoms with Crippen LogP contribution in [0.1, 0.15) is 32.1 Å². The molecule has 0 unspecified atom stereocenters. The van der Waals surface area contributed by atoms with E-state index in [0.717, 1.165) is 25.7 Å². The molecule has 0 aliphatic carbocycles. The summed E-state index contributed by atoms with van der Waals surface area (Å²) < 4.78 is 10.4. The van der Waals surface area contributed by atoms with E-state index in [1.165, 1.54) is 6.08 Å². The molecule has 0 heterocycles. The molecule has 5 nitrogen and oxygen atoms in total. The Bertz CT molecular complexity index is 231. The van der Waals surface area contributed by atoms with Crippen molar-refractivity contribution < 1.29 is 19.1 Å². The standard InChI is InChI=1S/C8H16NO4P/c10-8-9-6-4-2-1-3-5-7-14(11,12)13/h1-7H2,(H2,11,12,13). The number of hydrogen-bond acceptors (Lipinski definition) is 3. The summed E-state index contributed by atoms with van der Waals surface area (Å²) in [6.45, 7) is 0.502. The maximum Gasteiger partial charge on any atom is 0.325 e.